The highest BCUT2D eigenvalue weighted by Crippen LogP contribution is 2.18. The second-order valence-corrected chi connectivity index (χ2v) is 7.62. The zero-order chi connectivity index (χ0) is 14.8. The molecule has 1 aliphatic heterocycles. The lowest BCUT2D eigenvalue weighted by Crippen LogP contribution is -2.37. The molecule has 1 aromatic rings. The van der Waals surface area contributed by atoms with Gasteiger partial charge in [0, 0.05) is 27.2 Å². The van der Waals surface area contributed by atoms with E-state index in [-0.39, 0.29) is 6.10 Å². The Morgan fingerprint density at radius 1 is 1.40 bits per heavy atom. The number of piperidine rings is 1. The van der Waals surface area contributed by atoms with E-state index in [1.54, 1.807) is 18.2 Å². The van der Waals surface area contributed by atoms with Crippen LogP contribution in [0.3, 0.4) is 0 Å². The SMILES string of the molecule is CN(C)S(=O)(=O)c1cccc(CN2CCCC(O)C2)c1. The van der Waals surface area contributed by atoms with Crippen LogP contribution >= 0.6 is 0 Å². The first kappa shape index (κ1) is 15.4. The van der Waals surface area contributed by atoms with Crippen LogP contribution in [0.25, 0.3) is 0 Å². The third-order valence-corrected chi connectivity index (χ3v) is 5.37. The van der Waals surface area contributed by atoms with Crippen LogP contribution in [0.2, 0.25) is 0 Å². The minimum Gasteiger partial charge on any atom is -0.392 e. The Hall–Kier alpha value is -0.950. The number of hydrogen-bond donors (Lipinski definition) is 1. The molecule has 0 bridgehead atoms. The summed E-state index contributed by atoms with van der Waals surface area (Å²) >= 11 is 0. The molecule has 112 valence electrons. The third-order valence-electron chi connectivity index (χ3n) is 3.56. The lowest BCUT2D eigenvalue weighted by molar-refractivity contribution is 0.0668. The fourth-order valence-electron chi connectivity index (χ4n) is 2.45. The Bertz CT molecular complexity index is 557. The van der Waals surface area contributed by atoms with E-state index in [9.17, 15) is 13.5 Å². The van der Waals surface area contributed by atoms with Crippen LogP contribution in [0.4, 0.5) is 0 Å². The van der Waals surface area contributed by atoms with Gasteiger partial charge in [-0.25, -0.2) is 12.7 Å². The van der Waals surface area contributed by atoms with Crippen LogP contribution in [-0.4, -0.2) is 56.0 Å². The molecule has 0 aromatic heterocycles. The van der Waals surface area contributed by atoms with Gasteiger partial charge in [0.05, 0.1) is 11.0 Å². The van der Waals surface area contributed by atoms with Gasteiger partial charge >= 0.3 is 0 Å². The number of benzene rings is 1. The summed E-state index contributed by atoms with van der Waals surface area (Å²) in [7, 11) is -0.324. The first-order chi connectivity index (χ1) is 9.39. The number of hydrogen-bond acceptors (Lipinski definition) is 4. The van der Waals surface area contributed by atoms with Crippen molar-refractivity contribution in [3.63, 3.8) is 0 Å². The summed E-state index contributed by atoms with van der Waals surface area (Å²) in [6.45, 7) is 2.28. The fourth-order valence-corrected chi connectivity index (χ4v) is 3.42. The molecule has 1 N–H and O–H groups in total. The van der Waals surface area contributed by atoms with E-state index in [0.717, 1.165) is 24.9 Å². The highest BCUT2D eigenvalue weighted by atomic mass is 32.2. The molecule has 6 heteroatoms. The largest absolute Gasteiger partial charge is 0.392 e. The Labute approximate surface area is 120 Å². The summed E-state index contributed by atoms with van der Waals surface area (Å²) in [5.41, 5.74) is 0.960. The molecule has 5 nitrogen and oxygen atoms in total. The summed E-state index contributed by atoms with van der Waals surface area (Å²) in [5, 5.41) is 9.67. The van der Waals surface area contributed by atoms with Gasteiger partial charge in [-0.2, -0.15) is 0 Å². The number of sulfonamides is 1. The fraction of sp³-hybridized carbons (Fsp3) is 0.571. The van der Waals surface area contributed by atoms with Gasteiger partial charge in [0.15, 0.2) is 0 Å². The topological polar surface area (TPSA) is 60.9 Å². The Morgan fingerprint density at radius 3 is 2.80 bits per heavy atom. The maximum atomic E-state index is 12.1. The molecule has 1 saturated heterocycles. The van der Waals surface area contributed by atoms with E-state index in [4.69, 9.17) is 0 Å². The molecule has 20 heavy (non-hydrogen) atoms. The summed E-state index contributed by atoms with van der Waals surface area (Å²) in [6, 6.07) is 7.03. The molecule has 1 aliphatic rings. The molecular weight excluding hydrogens is 276 g/mol. The number of nitrogens with zero attached hydrogens (tertiary/aromatic N) is 2. The maximum Gasteiger partial charge on any atom is 0.242 e. The summed E-state index contributed by atoms with van der Waals surface area (Å²) in [6.07, 6.45) is 1.57. The van der Waals surface area contributed by atoms with Crippen molar-refractivity contribution in [2.45, 2.75) is 30.4 Å². The van der Waals surface area contributed by atoms with Gasteiger partial charge in [0.25, 0.3) is 0 Å². The average molecular weight is 298 g/mol. The molecular formula is C14H22N2O3S. The van der Waals surface area contributed by atoms with Crippen LogP contribution < -0.4 is 0 Å². The number of aliphatic hydroxyl groups is 1. The minimum atomic E-state index is -3.39. The van der Waals surface area contributed by atoms with E-state index in [2.05, 4.69) is 4.90 Å². The lowest BCUT2D eigenvalue weighted by atomic mass is 10.1. The average Bonchev–Trinajstić information content (AvgIpc) is 2.39. The highest BCUT2D eigenvalue weighted by molar-refractivity contribution is 7.89. The zero-order valence-corrected chi connectivity index (χ0v) is 12.8. The first-order valence-electron chi connectivity index (χ1n) is 6.81. The molecule has 1 fully saturated rings. The maximum absolute atomic E-state index is 12.1. The summed E-state index contributed by atoms with van der Waals surface area (Å²) in [4.78, 5) is 2.48. The van der Waals surface area contributed by atoms with E-state index < -0.39 is 10.0 Å². The standard InChI is InChI=1S/C14H22N2O3S/c1-15(2)20(18,19)14-7-3-5-12(9-14)10-16-8-4-6-13(17)11-16/h3,5,7,9,13,17H,4,6,8,10-11H2,1-2H3. The molecule has 1 aromatic carbocycles. The highest BCUT2D eigenvalue weighted by Gasteiger charge is 2.20. The lowest BCUT2D eigenvalue weighted by Gasteiger charge is -2.30. The quantitative estimate of drug-likeness (QED) is 0.897. The van der Waals surface area contributed by atoms with Crippen LogP contribution in [0.15, 0.2) is 29.2 Å². The van der Waals surface area contributed by atoms with Gasteiger partial charge in [-0.3, -0.25) is 4.90 Å². The van der Waals surface area contributed by atoms with Crippen molar-refractivity contribution in [3.05, 3.63) is 29.8 Å². The normalized spacial score (nSPS) is 21.3. The summed E-state index contributed by atoms with van der Waals surface area (Å²) in [5.74, 6) is 0. The molecule has 2 rings (SSSR count). The van der Waals surface area contributed by atoms with Crippen molar-refractivity contribution in [1.82, 2.24) is 9.21 Å². The predicted molar refractivity (Wildman–Crippen MR) is 77.8 cm³/mol. The third kappa shape index (κ3) is 3.58. The Balaban J connectivity index is 2.14. The van der Waals surface area contributed by atoms with Crippen molar-refractivity contribution in [2.75, 3.05) is 27.2 Å². The second-order valence-electron chi connectivity index (χ2n) is 5.47. The Kier molecular flexibility index (Phi) is 4.80. The number of β-amino-alcohol motifs (C(OH)–C–C–N with tert-alkyl or cyclic N) is 1. The zero-order valence-electron chi connectivity index (χ0n) is 12.0. The van der Waals surface area contributed by atoms with Crippen molar-refractivity contribution in [1.29, 1.82) is 0 Å². The van der Waals surface area contributed by atoms with Gasteiger partial charge in [0.1, 0.15) is 0 Å². The summed E-state index contributed by atoms with van der Waals surface area (Å²) < 4.78 is 25.4. The van der Waals surface area contributed by atoms with Gasteiger partial charge in [-0.15, -0.1) is 0 Å². The van der Waals surface area contributed by atoms with E-state index in [1.165, 1.54) is 18.4 Å². The smallest absolute Gasteiger partial charge is 0.242 e. The van der Waals surface area contributed by atoms with Gasteiger partial charge in [-0.1, -0.05) is 12.1 Å². The molecule has 0 radical (unpaired) electrons. The number of rotatable bonds is 4. The first-order valence-corrected chi connectivity index (χ1v) is 8.25. The molecule has 1 unspecified atom stereocenters. The predicted octanol–water partition coefficient (Wildman–Crippen LogP) is 0.894. The van der Waals surface area contributed by atoms with Crippen LogP contribution in [-0.2, 0) is 16.6 Å². The van der Waals surface area contributed by atoms with Gasteiger partial charge < -0.3 is 5.11 Å². The van der Waals surface area contributed by atoms with Crippen molar-refractivity contribution < 1.29 is 13.5 Å². The van der Waals surface area contributed by atoms with E-state index in [0.29, 0.717) is 18.0 Å². The van der Waals surface area contributed by atoms with Gasteiger partial charge in [-0.05, 0) is 37.1 Å². The van der Waals surface area contributed by atoms with Crippen molar-refractivity contribution >= 4 is 10.0 Å². The van der Waals surface area contributed by atoms with Crippen LogP contribution in [0.1, 0.15) is 18.4 Å². The Morgan fingerprint density at radius 2 is 2.15 bits per heavy atom. The minimum absolute atomic E-state index is 0.266. The van der Waals surface area contributed by atoms with E-state index in [1.807, 2.05) is 6.07 Å². The molecule has 0 aliphatic carbocycles. The van der Waals surface area contributed by atoms with Crippen molar-refractivity contribution in [3.8, 4) is 0 Å². The van der Waals surface area contributed by atoms with Crippen LogP contribution in [0.5, 0.6) is 0 Å². The molecule has 1 heterocycles. The molecule has 0 amide bonds. The van der Waals surface area contributed by atoms with Crippen molar-refractivity contribution in [2.24, 2.45) is 0 Å². The van der Waals surface area contributed by atoms with Gasteiger partial charge in [0.2, 0.25) is 10.0 Å². The second kappa shape index (κ2) is 6.22. The number of likely N-dealkylation sites (tertiary alicyclic amines) is 1. The molecule has 1 atom stereocenters. The van der Waals surface area contributed by atoms with Crippen LogP contribution in [0, 0.1) is 0 Å². The monoisotopic (exact) mass is 298 g/mol. The molecule has 0 spiro atoms. The molecule has 0 saturated carbocycles. The van der Waals surface area contributed by atoms with E-state index >= 15 is 0 Å². The number of aliphatic hydroxyl groups excluding tert-OH is 1.